The third-order valence-corrected chi connectivity index (χ3v) is 3.68. The molecule has 2 aromatic carbocycles. The minimum atomic E-state index is -0.217. The van der Waals surface area contributed by atoms with E-state index in [9.17, 15) is 9.50 Å². The lowest BCUT2D eigenvalue weighted by atomic mass is 9.91. The first-order valence-electron chi connectivity index (χ1n) is 7.00. The molecule has 0 amide bonds. The van der Waals surface area contributed by atoms with Crippen LogP contribution in [0.25, 0.3) is 0 Å². The Balaban J connectivity index is 2.09. The van der Waals surface area contributed by atoms with Crippen molar-refractivity contribution in [2.45, 2.75) is 26.7 Å². The molecule has 1 N–H and O–H groups in total. The smallest absolute Gasteiger partial charge is 0.123 e. The average Bonchev–Trinajstić information content (AvgIpc) is 2.41. The van der Waals surface area contributed by atoms with E-state index in [2.05, 4.69) is 32.0 Å². The Labute approximate surface area is 120 Å². The highest BCUT2D eigenvalue weighted by Gasteiger charge is 2.11. The number of hydrogen-bond donors (Lipinski definition) is 1. The maximum absolute atomic E-state index is 13.2. The molecule has 2 heteroatoms. The van der Waals surface area contributed by atoms with Crippen LogP contribution in [0.5, 0.6) is 0 Å². The van der Waals surface area contributed by atoms with E-state index < -0.39 is 0 Å². The molecular formula is C18H21FO. The number of benzene rings is 2. The van der Waals surface area contributed by atoms with E-state index in [0.29, 0.717) is 6.42 Å². The standard InChI is InChI=1S/C18H21FO/c1-13-6-7-17(14(2)8-13)10-16(12-20)9-15-4-3-5-18(19)11-15/h3-8,11,16,20H,9-10,12H2,1-2H3. The van der Waals surface area contributed by atoms with Gasteiger partial charge in [-0.2, -0.15) is 0 Å². The van der Waals surface area contributed by atoms with Gasteiger partial charge in [-0.15, -0.1) is 0 Å². The van der Waals surface area contributed by atoms with Gasteiger partial charge < -0.3 is 5.11 Å². The number of aliphatic hydroxyl groups is 1. The van der Waals surface area contributed by atoms with Crippen LogP contribution < -0.4 is 0 Å². The third kappa shape index (κ3) is 3.91. The second-order valence-electron chi connectivity index (χ2n) is 5.52. The summed E-state index contributed by atoms with van der Waals surface area (Å²) in [4.78, 5) is 0. The molecule has 0 aromatic heterocycles. The highest BCUT2D eigenvalue weighted by molar-refractivity contribution is 5.31. The molecule has 0 heterocycles. The van der Waals surface area contributed by atoms with Gasteiger partial charge in [0.2, 0.25) is 0 Å². The summed E-state index contributed by atoms with van der Waals surface area (Å²) in [5, 5.41) is 9.57. The minimum absolute atomic E-state index is 0.115. The lowest BCUT2D eigenvalue weighted by Gasteiger charge is -2.16. The zero-order valence-corrected chi connectivity index (χ0v) is 12.1. The summed E-state index contributed by atoms with van der Waals surface area (Å²) in [6.45, 7) is 4.29. The molecule has 0 aliphatic carbocycles. The van der Waals surface area contributed by atoms with E-state index in [0.717, 1.165) is 12.0 Å². The van der Waals surface area contributed by atoms with Gasteiger partial charge in [0.15, 0.2) is 0 Å². The SMILES string of the molecule is Cc1ccc(CC(CO)Cc2cccc(F)c2)c(C)c1. The van der Waals surface area contributed by atoms with Gasteiger partial charge in [0.25, 0.3) is 0 Å². The van der Waals surface area contributed by atoms with Crippen LogP contribution in [0, 0.1) is 25.6 Å². The number of hydrogen-bond acceptors (Lipinski definition) is 1. The molecule has 20 heavy (non-hydrogen) atoms. The highest BCUT2D eigenvalue weighted by atomic mass is 19.1. The lowest BCUT2D eigenvalue weighted by molar-refractivity contribution is 0.224. The Morgan fingerprint density at radius 1 is 1.05 bits per heavy atom. The third-order valence-electron chi connectivity index (χ3n) is 3.68. The van der Waals surface area contributed by atoms with Gasteiger partial charge in [-0.1, -0.05) is 35.9 Å². The second-order valence-corrected chi connectivity index (χ2v) is 5.52. The Morgan fingerprint density at radius 3 is 2.50 bits per heavy atom. The van der Waals surface area contributed by atoms with Crippen molar-refractivity contribution in [1.82, 2.24) is 0 Å². The molecule has 0 bridgehead atoms. The minimum Gasteiger partial charge on any atom is -0.396 e. The highest BCUT2D eigenvalue weighted by Crippen LogP contribution is 2.18. The van der Waals surface area contributed by atoms with E-state index in [-0.39, 0.29) is 18.3 Å². The van der Waals surface area contributed by atoms with Crippen LogP contribution in [0.15, 0.2) is 42.5 Å². The van der Waals surface area contributed by atoms with Crippen molar-refractivity contribution in [2.24, 2.45) is 5.92 Å². The summed E-state index contributed by atoms with van der Waals surface area (Å²) >= 11 is 0. The van der Waals surface area contributed by atoms with Crippen molar-refractivity contribution >= 4 is 0 Å². The Bertz CT molecular complexity index is 577. The predicted octanol–water partition coefficient (Wildman–Crippen LogP) is 3.84. The summed E-state index contributed by atoms with van der Waals surface area (Å²) in [7, 11) is 0. The molecular weight excluding hydrogens is 251 g/mol. The molecule has 1 unspecified atom stereocenters. The summed E-state index contributed by atoms with van der Waals surface area (Å²) < 4.78 is 13.2. The fourth-order valence-corrected chi connectivity index (χ4v) is 2.58. The first-order valence-corrected chi connectivity index (χ1v) is 7.00. The van der Waals surface area contributed by atoms with Gasteiger partial charge in [0.1, 0.15) is 5.82 Å². The van der Waals surface area contributed by atoms with Crippen molar-refractivity contribution in [3.8, 4) is 0 Å². The van der Waals surface area contributed by atoms with Crippen molar-refractivity contribution in [3.05, 3.63) is 70.5 Å². The van der Waals surface area contributed by atoms with Gasteiger partial charge in [-0.25, -0.2) is 4.39 Å². The van der Waals surface area contributed by atoms with Crippen LogP contribution in [-0.4, -0.2) is 11.7 Å². The molecule has 0 radical (unpaired) electrons. The van der Waals surface area contributed by atoms with Crippen molar-refractivity contribution in [1.29, 1.82) is 0 Å². The molecule has 1 atom stereocenters. The molecule has 0 saturated heterocycles. The van der Waals surface area contributed by atoms with E-state index in [1.807, 2.05) is 6.07 Å². The number of aliphatic hydroxyl groups excluding tert-OH is 1. The van der Waals surface area contributed by atoms with Crippen LogP contribution in [-0.2, 0) is 12.8 Å². The first kappa shape index (κ1) is 14.7. The maximum Gasteiger partial charge on any atom is 0.123 e. The topological polar surface area (TPSA) is 20.2 Å². The van der Waals surface area contributed by atoms with Crippen molar-refractivity contribution in [2.75, 3.05) is 6.61 Å². The van der Waals surface area contributed by atoms with E-state index >= 15 is 0 Å². The van der Waals surface area contributed by atoms with Gasteiger partial charge in [0, 0.05) is 6.61 Å². The van der Waals surface area contributed by atoms with Crippen LogP contribution in [0.4, 0.5) is 4.39 Å². The van der Waals surface area contributed by atoms with Gasteiger partial charge in [-0.3, -0.25) is 0 Å². The monoisotopic (exact) mass is 272 g/mol. The van der Waals surface area contributed by atoms with Gasteiger partial charge in [-0.05, 0) is 61.4 Å². The fourth-order valence-electron chi connectivity index (χ4n) is 2.58. The molecule has 0 spiro atoms. The fraction of sp³-hybridized carbons (Fsp3) is 0.333. The number of halogens is 1. The molecule has 2 aromatic rings. The van der Waals surface area contributed by atoms with Crippen LogP contribution in [0.3, 0.4) is 0 Å². The molecule has 0 fully saturated rings. The number of rotatable bonds is 5. The second kappa shape index (κ2) is 6.67. The first-order chi connectivity index (χ1) is 9.58. The summed E-state index contributed by atoms with van der Waals surface area (Å²) in [5.74, 6) is -0.0936. The van der Waals surface area contributed by atoms with E-state index in [1.54, 1.807) is 12.1 Å². The maximum atomic E-state index is 13.2. The molecule has 0 aliphatic heterocycles. The van der Waals surface area contributed by atoms with Crippen molar-refractivity contribution in [3.63, 3.8) is 0 Å². The summed E-state index contributed by atoms with van der Waals surface area (Å²) in [6.07, 6.45) is 1.51. The lowest BCUT2D eigenvalue weighted by Crippen LogP contribution is -2.13. The summed E-state index contributed by atoms with van der Waals surface area (Å²) in [6, 6.07) is 13.0. The number of aryl methyl sites for hydroxylation is 2. The quantitative estimate of drug-likeness (QED) is 0.877. The summed E-state index contributed by atoms with van der Waals surface area (Å²) in [5.41, 5.74) is 4.69. The predicted molar refractivity (Wildman–Crippen MR) is 80.3 cm³/mol. The van der Waals surface area contributed by atoms with E-state index in [1.165, 1.54) is 22.8 Å². The Hall–Kier alpha value is -1.67. The van der Waals surface area contributed by atoms with Crippen LogP contribution in [0.2, 0.25) is 0 Å². The van der Waals surface area contributed by atoms with Gasteiger partial charge >= 0.3 is 0 Å². The normalized spacial score (nSPS) is 12.4. The largest absolute Gasteiger partial charge is 0.396 e. The molecule has 106 valence electrons. The average molecular weight is 272 g/mol. The molecule has 1 nitrogen and oxygen atoms in total. The Morgan fingerprint density at radius 2 is 1.85 bits per heavy atom. The van der Waals surface area contributed by atoms with Crippen molar-refractivity contribution < 1.29 is 9.50 Å². The zero-order chi connectivity index (χ0) is 14.5. The molecule has 0 aliphatic rings. The van der Waals surface area contributed by atoms with Gasteiger partial charge in [0.05, 0.1) is 0 Å². The zero-order valence-electron chi connectivity index (χ0n) is 12.1. The van der Waals surface area contributed by atoms with E-state index in [4.69, 9.17) is 0 Å². The molecule has 2 rings (SSSR count). The van der Waals surface area contributed by atoms with Crippen LogP contribution in [0.1, 0.15) is 22.3 Å². The Kier molecular flexibility index (Phi) is 4.91. The van der Waals surface area contributed by atoms with Crippen LogP contribution >= 0.6 is 0 Å². The molecule has 0 saturated carbocycles.